The average Bonchev–Trinajstić information content (AvgIpc) is 2.50. The van der Waals surface area contributed by atoms with Crippen LogP contribution in [0.2, 0.25) is 0 Å². The summed E-state index contributed by atoms with van der Waals surface area (Å²) in [6, 6.07) is 10.7. The fourth-order valence-electron chi connectivity index (χ4n) is 2.81. The molecule has 0 atom stereocenters. The van der Waals surface area contributed by atoms with Crippen molar-refractivity contribution in [1.29, 1.82) is 0 Å². The van der Waals surface area contributed by atoms with Gasteiger partial charge in [0.05, 0.1) is 23.0 Å². The third-order valence-corrected chi connectivity index (χ3v) is 3.67. The summed E-state index contributed by atoms with van der Waals surface area (Å²) in [5, 5.41) is 11.1. The number of aromatic hydroxyl groups is 1. The van der Waals surface area contributed by atoms with Gasteiger partial charge in [0.15, 0.2) is 0 Å². The Hall–Kier alpha value is -2.49. The van der Waals surface area contributed by atoms with Gasteiger partial charge < -0.3 is 14.4 Å². The number of aromatic nitrogens is 1. The first kappa shape index (κ1) is 13.5. The van der Waals surface area contributed by atoms with Crippen LogP contribution in [-0.4, -0.2) is 16.3 Å². The molecule has 1 N–H and O–H groups in total. The molecule has 0 unspecified atom stereocenters. The van der Waals surface area contributed by atoms with Gasteiger partial charge >= 0.3 is 0 Å². The lowest BCUT2D eigenvalue weighted by Gasteiger charge is -2.17. The Kier molecular flexibility index (Phi) is 3.29. The van der Waals surface area contributed by atoms with Crippen molar-refractivity contribution >= 4 is 21.8 Å². The number of aryl methyl sites for hydroxylation is 1. The van der Waals surface area contributed by atoms with Crippen molar-refractivity contribution in [3.8, 4) is 11.5 Å². The lowest BCUT2D eigenvalue weighted by Crippen LogP contribution is -2.12. The second-order valence-electron chi connectivity index (χ2n) is 4.83. The molecule has 0 radical (unpaired) electrons. The van der Waals surface area contributed by atoms with Gasteiger partial charge in [0, 0.05) is 11.9 Å². The molecule has 0 aliphatic rings. The van der Waals surface area contributed by atoms with Gasteiger partial charge in [-0.05, 0) is 38.1 Å². The van der Waals surface area contributed by atoms with E-state index in [9.17, 15) is 9.90 Å². The van der Waals surface area contributed by atoms with Gasteiger partial charge in [0.25, 0.3) is 0 Å². The van der Waals surface area contributed by atoms with Gasteiger partial charge in [0.1, 0.15) is 11.5 Å². The summed E-state index contributed by atoms with van der Waals surface area (Å²) in [5.41, 5.74) is 1.34. The van der Waals surface area contributed by atoms with E-state index in [2.05, 4.69) is 0 Å². The van der Waals surface area contributed by atoms with Crippen molar-refractivity contribution in [1.82, 2.24) is 4.57 Å². The fraction of sp³-hybridized carbons (Fsp3) is 0.235. The quantitative estimate of drug-likeness (QED) is 0.750. The Bertz CT molecular complexity index is 880. The zero-order valence-corrected chi connectivity index (χ0v) is 12.1. The lowest BCUT2D eigenvalue weighted by atomic mass is 10.1. The summed E-state index contributed by atoms with van der Waals surface area (Å²) >= 11 is 0. The number of para-hydroxylation sites is 1. The summed E-state index contributed by atoms with van der Waals surface area (Å²) in [6.45, 7) is 5.09. The zero-order valence-electron chi connectivity index (χ0n) is 12.1. The maximum absolute atomic E-state index is 12.7. The lowest BCUT2D eigenvalue weighted by molar-refractivity contribution is 0.342. The molecule has 108 valence electrons. The molecule has 3 rings (SSSR count). The molecule has 3 aromatic rings. The zero-order chi connectivity index (χ0) is 15.0. The molecule has 1 aromatic heterocycles. The topological polar surface area (TPSA) is 51.5 Å². The smallest absolute Gasteiger partial charge is 0.201 e. The van der Waals surface area contributed by atoms with E-state index in [0.29, 0.717) is 35.2 Å². The molecule has 0 aliphatic carbocycles. The number of ether oxygens (including phenoxy) is 1. The number of benzene rings is 2. The van der Waals surface area contributed by atoms with Crippen molar-refractivity contribution in [2.24, 2.45) is 0 Å². The van der Waals surface area contributed by atoms with Crippen LogP contribution in [-0.2, 0) is 6.54 Å². The van der Waals surface area contributed by atoms with E-state index in [-0.39, 0.29) is 11.2 Å². The average molecular weight is 283 g/mol. The van der Waals surface area contributed by atoms with Gasteiger partial charge in [-0.25, -0.2) is 0 Å². The summed E-state index contributed by atoms with van der Waals surface area (Å²) in [4.78, 5) is 12.7. The molecular formula is C17H17NO3. The minimum Gasteiger partial charge on any atom is -0.507 e. The second kappa shape index (κ2) is 5.13. The molecule has 0 amide bonds. The van der Waals surface area contributed by atoms with Gasteiger partial charge in [-0.3, -0.25) is 4.79 Å². The van der Waals surface area contributed by atoms with E-state index < -0.39 is 0 Å². The largest absolute Gasteiger partial charge is 0.507 e. The van der Waals surface area contributed by atoms with E-state index in [1.165, 1.54) is 6.07 Å². The van der Waals surface area contributed by atoms with E-state index in [1.54, 1.807) is 12.1 Å². The summed E-state index contributed by atoms with van der Waals surface area (Å²) in [6.07, 6.45) is 0. The van der Waals surface area contributed by atoms with Gasteiger partial charge in [-0.15, -0.1) is 0 Å². The van der Waals surface area contributed by atoms with Crippen molar-refractivity contribution in [2.75, 3.05) is 6.61 Å². The molecule has 0 saturated carbocycles. The maximum atomic E-state index is 12.7. The van der Waals surface area contributed by atoms with Crippen LogP contribution in [0.4, 0.5) is 0 Å². The number of hydrogen-bond donors (Lipinski definition) is 1. The standard InChI is InChI=1S/C17H17NO3/c1-3-18-12-8-6-5-7-11(12)17(20)15-13(19)9-10-14(16(15)18)21-4-2/h5-10,19H,3-4H2,1-2H3. The molecule has 0 spiro atoms. The van der Waals surface area contributed by atoms with Crippen molar-refractivity contribution in [3.05, 3.63) is 46.6 Å². The summed E-state index contributed by atoms with van der Waals surface area (Å²) in [7, 11) is 0. The van der Waals surface area contributed by atoms with Crippen LogP contribution in [0.1, 0.15) is 13.8 Å². The van der Waals surface area contributed by atoms with Crippen LogP contribution in [0, 0.1) is 0 Å². The first-order chi connectivity index (χ1) is 10.2. The molecule has 4 heteroatoms. The molecular weight excluding hydrogens is 266 g/mol. The maximum Gasteiger partial charge on any atom is 0.201 e. The number of nitrogens with zero attached hydrogens (tertiary/aromatic N) is 1. The highest BCUT2D eigenvalue weighted by Gasteiger charge is 2.16. The monoisotopic (exact) mass is 283 g/mol. The van der Waals surface area contributed by atoms with Crippen LogP contribution in [0.5, 0.6) is 11.5 Å². The molecule has 21 heavy (non-hydrogen) atoms. The number of phenols is 1. The van der Waals surface area contributed by atoms with E-state index in [1.807, 2.05) is 36.6 Å². The van der Waals surface area contributed by atoms with E-state index in [0.717, 1.165) is 5.52 Å². The fourth-order valence-corrected chi connectivity index (χ4v) is 2.81. The molecule has 0 bridgehead atoms. The predicted molar refractivity (Wildman–Crippen MR) is 84.2 cm³/mol. The third kappa shape index (κ3) is 1.95. The molecule has 1 heterocycles. The number of fused-ring (bicyclic) bond motifs is 2. The Balaban J connectivity index is 2.63. The van der Waals surface area contributed by atoms with Crippen LogP contribution in [0.3, 0.4) is 0 Å². The first-order valence-corrected chi connectivity index (χ1v) is 7.09. The van der Waals surface area contributed by atoms with Crippen LogP contribution >= 0.6 is 0 Å². The van der Waals surface area contributed by atoms with E-state index >= 15 is 0 Å². The molecule has 4 nitrogen and oxygen atoms in total. The Morgan fingerprint density at radius 2 is 1.90 bits per heavy atom. The minimum atomic E-state index is -0.163. The van der Waals surface area contributed by atoms with Crippen LogP contribution < -0.4 is 10.2 Å². The minimum absolute atomic E-state index is 0.00796. The Morgan fingerprint density at radius 3 is 2.62 bits per heavy atom. The SMILES string of the molecule is CCOc1ccc(O)c2c(=O)c3ccccc3n(CC)c12. The highest BCUT2D eigenvalue weighted by molar-refractivity contribution is 5.99. The number of pyridine rings is 1. The third-order valence-electron chi connectivity index (χ3n) is 3.67. The van der Waals surface area contributed by atoms with Gasteiger partial charge in [-0.1, -0.05) is 12.1 Å². The summed E-state index contributed by atoms with van der Waals surface area (Å²) < 4.78 is 7.66. The number of hydrogen-bond acceptors (Lipinski definition) is 3. The number of rotatable bonds is 3. The Morgan fingerprint density at radius 1 is 1.14 bits per heavy atom. The van der Waals surface area contributed by atoms with Crippen molar-refractivity contribution in [2.45, 2.75) is 20.4 Å². The van der Waals surface area contributed by atoms with E-state index in [4.69, 9.17) is 4.74 Å². The van der Waals surface area contributed by atoms with Crippen LogP contribution in [0.15, 0.2) is 41.2 Å². The highest BCUT2D eigenvalue weighted by atomic mass is 16.5. The van der Waals surface area contributed by atoms with Gasteiger partial charge in [0.2, 0.25) is 5.43 Å². The first-order valence-electron chi connectivity index (χ1n) is 7.09. The molecule has 2 aromatic carbocycles. The second-order valence-corrected chi connectivity index (χ2v) is 4.83. The molecule has 0 fully saturated rings. The van der Waals surface area contributed by atoms with Gasteiger partial charge in [-0.2, -0.15) is 0 Å². The Labute approximate surface area is 122 Å². The normalized spacial score (nSPS) is 11.1. The molecule has 0 saturated heterocycles. The van der Waals surface area contributed by atoms with Crippen molar-refractivity contribution < 1.29 is 9.84 Å². The molecule has 0 aliphatic heterocycles. The van der Waals surface area contributed by atoms with Crippen LogP contribution in [0.25, 0.3) is 21.8 Å². The number of phenolic OH excluding ortho intramolecular Hbond substituents is 1. The summed E-state index contributed by atoms with van der Waals surface area (Å²) in [5.74, 6) is 0.612. The van der Waals surface area contributed by atoms with Crippen molar-refractivity contribution in [3.63, 3.8) is 0 Å². The predicted octanol–water partition coefficient (Wildman–Crippen LogP) is 3.28. The highest BCUT2D eigenvalue weighted by Crippen LogP contribution is 2.32.